The van der Waals surface area contributed by atoms with E-state index in [1.165, 1.54) is 6.92 Å². The summed E-state index contributed by atoms with van der Waals surface area (Å²) in [6, 6.07) is 4.88. The molecule has 0 aliphatic heterocycles. The maximum absolute atomic E-state index is 13.4. The highest BCUT2D eigenvalue weighted by Gasteiger charge is 2.30. The molecule has 1 amide bonds. The number of carbonyl (C=O) groups excluding carboxylic acids is 2. The molecule has 1 rings (SSSR count). The summed E-state index contributed by atoms with van der Waals surface area (Å²) in [5, 5.41) is 11.5. The molecule has 1 atom stereocenters. The Labute approximate surface area is 126 Å². The second-order valence-corrected chi connectivity index (χ2v) is 5.19. The second kappa shape index (κ2) is 6.98. The van der Waals surface area contributed by atoms with Gasteiger partial charge in [0.15, 0.2) is 6.61 Å². The third kappa shape index (κ3) is 4.01. The Kier molecular flexibility index (Phi) is 5.57. The van der Waals surface area contributed by atoms with Gasteiger partial charge in [0, 0.05) is 0 Å². The highest BCUT2D eigenvalue weighted by atomic mass is 19.1. The third-order valence-electron chi connectivity index (χ3n) is 3.29. The number of nitrogens with zero attached hydrogens (tertiary/aromatic N) is 1. The maximum Gasteiger partial charge on any atom is 0.344 e. The maximum atomic E-state index is 13.4. The predicted octanol–water partition coefficient (Wildman–Crippen LogP) is 2.18. The van der Waals surface area contributed by atoms with Crippen LogP contribution in [0.3, 0.4) is 0 Å². The van der Waals surface area contributed by atoms with Crippen molar-refractivity contribution >= 4 is 11.9 Å². The number of rotatable bonds is 5. The molecule has 22 heavy (non-hydrogen) atoms. The average molecular weight is 310 g/mol. The van der Waals surface area contributed by atoms with Crippen molar-refractivity contribution in [3.63, 3.8) is 0 Å². The monoisotopic (exact) mass is 310 g/mol. The number of ether oxygens (including phenoxy) is 1. The summed E-state index contributed by atoms with van der Waals surface area (Å²) < 4.78 is 31.3. The van der Waals surface area contributed by atoms with E-state index < -0.39 is 41.2 Å². The highest BCUT2D eigenvalue weighted by Crippen LogP contribution is 2.15. The number of hydrogen-bond donors (Lipinski definition) is 1. The minimum atomic E-state index is -1.28. The van der Waals surface area contributed by atoms with E-state index in [2.05, 4.69) is 10.1 Å². The van der Waals surface area contributed by atoms with Crippen molar-refractivity contribution in [1.29, 1.82) is 5.26 Å². The lowest BCUT2D eigenvalue weighted by Gasteiger charge is -2.27. The molecule has 0 saturated heterocycles. The summed E-state index contributed by atoms with van der Waals surface area (Å²) in [4.78, 5) is 23.3. The number of nitrogens with one attached hydrogen (secondary N) is 1. The van der Waals surface area contributed by atoms with Crippen LogP contribution in [0.15, 0.2) is 18.2 Å². The highest BCUT2D eigenvalue weighted by molar-refractivity contribution is 5.92. The van der Waals surface area contributed by atoms with Crippen molar-refractivity contribution in [2.75, 3.05) is 6.61 Å². The summed E-state index contributed by atoms with van der Waals surface area (Å²) in [7, 11) is 0. The van der Waals surface area contributed by atoms with Crippen molar-refractivity contribution in [3.8, 4) is 6.07 Å². The average Bonchev–Trinajstić information content (AvgIpc) is 2.44. The van der Waals surface area contributed by atoms with Gasteiger partial charge in [0.25, 0.3) is 5.91 Å². The molecule has 0 radical (unpaired) electrons. The van der Waals surface area contributed by atoms with E-state index in [1.807, 2.05) is 6.07 Å². The molecule has 1 aromatic rings. The number of esters is 1. The number of hydrogen-bond acceptors (Lipinski definition) is 4. The molecule has 7 heteroatoms. The van der Waals surface area contributed by atoms with Gasteiger partial charge < -0.3 is 10.1 Å². The lowest BCUT2D eigenvalue weighted by molar-refractivity contribution is -0.125. The zero-order valence-corrected chi connectivity index (χ0v) is 12.4. The molecule has 0 aliphatic rings. The number of halogens is 2. The quantitative estimate of drug-likeness (QED) is 0.845. The fourth-order valence-electron chi connectivity index (χ4n) is 1.52. The fourth-order valence-corrected chi connectivity index (χ4v) is 1.52. The van der Waals surface area contributed by atoms with E-state index in [0.717, 1.165) is 18.2 Å². The largest absolute Gasteiger partial charge is 0.452 e. The Morgan fingerprint density at radius 1 is 1.36 bits per heavy atom. The van der Waals surface area contributed by atoms with Crippen LogP contribution >= 0.6 is 0 Å². The summed E-state index contributed by atoms with van der Waals surface area (Å²) in [5.74, 6) is -4.35. The van der Waals surface area contributed by atoms with Crippen molar-refractivity contribution in [1.82, 2.24) is 5.32 Å². The Morgan fingerprint density at radius 3 is 2.36 bits per heavy atom. The molecule has 0 unspecified atom stereocenters. The second-order valence-electron chi connectivity index (χ2n) is 5.19. The van der Waals surface area contributed by atoms with Crippen LogP contribution in [-0.2, 0) is 9.53 Å². The Hall–Kier alpha value is -2.49. The van der Waals surface area contributed by atoms with E-state index in [4.69, 9.17) is 5.26 Å². The lowest BCUT2D eigenvalue weighted by atomic mass is 9.90. The minimum absolute atomic E-state index is 0.179. The topological polar surface area (TPSA) is 79.2 Å². The third-order valence-corrected chi connectivity index (χ3v) is 3.29. The summed E-state index contributed by atoms with van der Waals surface area (Å²) in [6.45, 7) is 4.26. The molecular formula is C15H16F2N2O3. The van der Waals surface area contributed by atoms with Crippen LogP contribution in [0.4, 0.5) is 8.78 Å². The van der Waals surface area contributed by atoms with Crippen molar-refractivity contribution in [2.45, 2.75) is 26.3 Å². The van der Waals surface area contributed by atoms with Gasteiger partial charge in [-0.25, -0.2) is 13.6 Å². The predicted molar refractivity (Wildman–Crippen MR) is 73.6 cm³/mol. The number of nitriles is 1. The van der Waals surface area contributed by atoms with Gasteiger partial charge in [-0.1, -0.05) is 19.9 Å². The molecule has 0 fully saturated rings. The van der Waals surface area contributed by atoms with Crippen molar-refractivity contribution < 1.29 is 23.1 Å². The smallest absolute Gasteiger partial charge is 0.344 e. The molecule has 0 aliphatic carbocycles. The minimum Gasteiger partial charge on any atom is -0.452 e. The molecule has 5 nitrogen and oxygen atoms in total. The van der Waals surface area contributed by atoms with Crippen LogP contribution in [-0.4, -0.2) is 24.0 Å². The van der Waals surface area contributed by atoms with Crippen LogP contribution < -0.4 is 5.32 Å². The number of amides is 1. The molecule has 1 aromatic carbocycles. The van der Waals surface area contributed by atoms with Crippen LogP contribution in [0.1, 0.15) is 31.1 Å². The summed E-state index contributed by atoms with van der Waals surface area (Å²) >= 11 is 0. The van der Waals surface area contributed by atoms with E-state index in [9.17, 15) is 18.4 Å². The fraction of sp³-hybridized carbons (Fsp3) is 0.400. The van der Waals surface area contributed by atoms with Crippen molar-refractivity contribution in [3.05, 3.63) is 35.4 Å². The Bertz CT molecular complexity index is 605. The van der Waals surface area contributed by atoms with E-state index >= 15 is 0 Å². The van der Waals surface area contributed by atoms with Crippen LogP contribution in [0.5, 0.6) is 0 Å². The number of carbonyl (C=O) groups is 2. The van der Waals surface area contributed by atoms with Crippen LogP contribution in [0.2, 0.25) is 0 Å². The number of benzene rings is 1. The zero-order valence-electron chi connectivity index (χ0n) is 12.4. The molecule has 0 heterocycles. The Morgan fingerprint density at radius 2 is 1.91 bits per heavy atom. The van der Waals surface area contributed by atoms with Crippen LogP contribution in [0.25, 0.3) is 0 Å². The first-order chi connectivity index (χ1) is 10.2. The molecule has 118 valence electrons. The van der Waals surface area contributed by atoms with Gasteiger partial charge in [-0.2, -0.15) is 5.26 Å². The SMILES string of the molecule is CC(C)[C@@](C)(C#N)NC(=O)COC(=O)c1c(F)cccc1F. The van der Waals surface area contributed by atoms with Gasteiger partial charge in [0.05, 0.1) is 6.07 Å². The first-order valence-electron chi connectivity index (χ1n) is 6.54. The van der Waals surface area contributed by atoms with Crippen molar-refractivity contribution in [2.24, 2.45) is 5.92 Å². The molecule has 0 bridgehead atoms. The molecule has 0 saturated carbocycles. The van der Waals surface area contributed by atoms with E-state index in [0.29, 0.717) is 0 Å². The molecule has 1 N–H and O–H groups in total. The summed E-state index contributed by atoms with van der Waals surface area (Å²) in [5.41, 5.74) is -1.99. The molecule has 0 spiro atoms. The van der Waals surface area contributed by atoms with E-state index in [1.54, 1.807) is 13.8 Å². The summed E-state index contributed by atoms with van der Waals surface area (Å²) in [6.07, 6.45) is 0. The molecule has 0 aromatic heterocycles. The zero-order chi connectivity index (χ0) is 16.9. The first-order valence-corrected chi connectivity index (χ1v) is 6.54. The first kappa shape index (κ1) is 17.6. The van der Waals surface area contributed by atoms with Gasteiger partial charge >= 0.3 is 5.97 Å². The van der Waals surface area contributed by atoms with Gasteiger partial charge in [0.2, 0.25) is 0 Å². The van der Waals surface area contributed by atoms with Gasteiger partial charge in [-0.15, -0.1) is 0 Å². The molecular weight excluding hydrogens is 294 g/mol. The Balaban J connectivity index is 2.69. The van der Waals surface area contributed by atoms with E-state index in [-0.39, 0.29) is 5.92 Å². The standard InChI is InChI=1S/C15H16F2N2O3/c1-9(2)15(3,8-18)19-12(20)7-22-14(21)13-10(16)5-4-6-11(13)17/h4-6,9H,7H2,1-3H3,(H,19,20)/t15-/m1/s1. The van der Waals surface area contributed by atoms with Gasteiger partial charge in [-0.3, -0.25) is 4.79 Å². The lowest BCUT2D eigenvalue weighted by Crippen LogP contribution is -2.50. The van der Waals surface area contributed by atoms with Gasteiger partial charge in [-0.05, 0) is 25.0 Å². The van der Waals surface area contributed by atoms with Gasteiger partial charge in [0.1, 0.15) is 22.7 Å². The van der Waals surface area contributed by atoms with Crippen LogP contribution in [0, 0.1) is 28.9 Å². The normalized spacial score (nSPS) is 13.1.